The number of carbonyl (C=O) groups is 1. The molecule has 3 rings (SSSR count). The smallest absolute Gasteiger partial charge is 0.232 e. The molecule has 1 amide bonds. The van der Waals surface area contributed by atoms with E-state index in [1.54, 1.807) is 17.5 Å². The van der Waals surface area contributed by atoms with Gasteiger partial charge < -0.3 is 4.74 Å². The van der Waals surface area contributed by atoms with E-state index in [-0.39, 0.29) is 5.91 Å². The summed E-state index contributed by atoms with van der Waals surface area (Å²) in [6.45, 7) is 0.783. The van der Waals surface area contributed by atoms with E-state index in [2.05, 4.69) is 16.3 Å². The average Bonchev–Trinajstić information content (AvgIpc) is 3.00. The largest absolute Gasteiger partial charge is 0.493 e. The molecule has 0 bridgehead atoms. The van der Waals surface area contributed by atoms with Crippen molar-refractivity contribution in [1.29, 1.82) is 0 Å². The van der Waals surface area contributed by atoms with E-state index in [1.807, 2.05) is 12.1 Å². The maximum Gasteiger partial charge on any atom is 0.232 e. The first-order valence-corrected chi connectivity index (χ1v) is 7.39. The first-order chi connectivity index (χ1) is 9.74. The third-order valence-corrected chi connectivity index (χ3v) is 4.10. The van der Waals surface area contributed by atoms with Gasteiger partial charge in [-0.1, -0.05) is 23.5 Å². The number of anilines is 1. The topological polar surface area (TPSA) is 55.3 Å². The van der Waals surface area contributed by atoms with Crippen LogP contribution < -0.4 is 9.64 Å². The number of nitrogens with zero attached hydrogens (tertiary/aromatic N) is 3. The molecule has 104 valence electrons. The Balaban J connectivity index is 1.73. The van der Waals surface area contributed by atoms with E-state index in [0.29, 0.717) is 11.6 Å². The van der Waals surface area contributed by atoms with Crippen LogP contribution in [0.3, 0.4) is 0 Å². The number of rotatable bonds is 3. The van der Waals surface area contributed by atoms with Gasteiger partial charge in [0, 0.05) is 7.05 Å². The summed E-state index contributed by atoms with van der Waals surface area (Å²) in [5, 5.41) is 8.27. The first kappa shape index (κ1) is 13.1. The fourth-order valence-electron chi connectivity index (χ4n) is 2.24. The van der Waals surface area contributed by atoms with E-state index >= 15 is 0 Å². The molecule has 1 aromatic heterocycles. The number of likely N-dealkylation sites (N-methyl/N-ethyl adjacent to an activating group) is 1. The van der Waals surface area contributed by atoms with Crippen molar-refractivity contribution in [2.75, 3.05) is 18.6 Å². The molecule has 0 aliphatic carbocycles. The molecule has 5 nitrogen and oxygen atoms in total. The quantitative estimate of drug-likeness (QED) is 0.868. The molecule has 0 N–H and O–H groups in total. The Morgan fingerprint density at radius 1 is 1.50 bits per heavy atom. The molecule has 0 spiro atoms. The summed E-state index contributed by atoms with van der Waals surface area (Å²) in [4.78, 5) is 13.8. The van der Waals surface area contributed by atoms with Crippen LogP contribution in [0, 0.1) is 0 Å². The molecule has 1 aliphatic heterocycles. The molecular weight excluding hydrogens is 274 g/mol. The van der Waals surface area contributed by atoms with Gasteiger partial charge in [0.2, 0.25) is 11.0 Å². The lowest BCUT2D eigenvalue weighted by Gasteiger charge is -2.18. The number of amides is 1. The van der Waals surface area contributed by atoms with Crippen molar-refractivity contribution >= 4 is 22.4 Å². The predicted molar refractivity (Wildman–Crippen MR) is 77.3 cm³/mol. The van der Waals surface area contributed by atoms with Crippen LogP contribution in [0.15, 0.2) is 23.7 Å². The Bertz CT molecular complexity index is 613. The summed E-state index contributed by atoms with van der Waals surface area (Å²) in [5.74, 6) is 0.961. The molecule has 0 radical (unpaired) electrons. The van der Waals surface area contributed by atoms with Gasteiger partial charge in [0.25, 0.3) is 0 Å². The minimum absolute atomic E-state index is 0.0124. The third kappa shape index (κ3) is 2.65. The minimum Gasteiger partial charge on any atom is -0.493 e. The van der Waals surface area contributed by atoms with Crippen molar-refractivity contribution in [3.8, 4) is 5.75 Å². The molecule has 20 heavy (non-hydrogen) atoms. The van der Waals surface area contributed by atoms with Crippen LogP contribution in [-0.4, -0.2) is 29.8 Å². The fraction of sp³-hybridized carbons (Fsp3) is 0.357. The molecule has 6 heteroatoms. The predicted octanol–water partition coefficient (Wildman–Crippen LogP) is 2.07. The molecule has 2 heterocycles. The highest BCUT2D eigenvalue weighted by Crippen LogP contribution is 2.26. The maximum absolute atomic E-state index is 12.2. The Morgan fingerprint density at radius 2 is 2.40 bits per heavy atom. The molecule has 0 saturated heterocycles. The first-order valence-electron chi connectivity index (χ1n) is 6.51. The van der Waals surface area contributed by atoms with Crippen LogP contribution in [0.4, 0.5) is 5.13 Å². The number of benzene rings is 1. The van der Waals surface area contributed by atoms with Gasteiger partial charge in [0.15, 0.2) is 0 Å². The molecule has 1 aromatic carbocycles. The molecule has 2 aromatic rings. The summed E-state index contributed by atoms with van der Waals surface area (Å²) in [6.07, 6.45) is 2.42. The normalized spacial score (nSPS) is 13.4. The summed E-state index contributed by atoms with van der Waals surface area (Å²) < 4.78 is 5.58. The van der Waals surface area contributed by atoms with Gasteiger partial charge in [-0.05, 0) is 30.0 Å². The number of aryl methyl sites for hydroxylation is 1. The lowest BCUT2D eigenvalue weighted by atomic mass is 10.0. The Hall–Kier alpha value is -1.95. The van der Waals surface area contributed by atoms with Gasteiger partial charge >= 0.3 is 0 Å². The van der Waals surface area contributed by atoms with E-state index in [0.717, 1.165) is 30.8 Å². The molecule has 0 saturated carbocycles. The van der Waals surface area contributed by atoms with Crippen LogP contribution in [0.2, 0.25) is 0 Å². The molecule has 0 unspecified atom stereocenters. The highest BCUT2D eigenvalue weighted by atomic mass is 32.1. The van der Waals surface area contributed by atoms with Crippen molar-refractivity contribution in [1.82, 2.24) is 10.2 Å². The minimum atomic E-state index is 0.0124. The van der Waals surface area contributed by atoms with Crippen LogP contribution in [0.25, 0.3) is 0 Å². The van der Waals surface area contributed by atoms with Gasteiger partial charge in [0.05, 0.1) is 13.0 Å². The van der Waals surface area contributed by atoms with E-state index in [9.17, 15) is 4.79 Å². The summed E-state index contributed by atoms with van der Waals surface area (Å²) in [5.41, 5.74) is 3.82. The second kappa shape index (κ2) is 5.58. The highest BCUT2D eigenvalue weighted by molar-refractivity contribution is 7.13. The zero-order chi connectivity index (χ0) is 13.9. The standard InChI is InChI=1S/C14H15N3O2S/c1-17(14-16-15-9-20-14)13(18)8-10-4-5-12-11(7-10)3-2-6-19-12/h4-5,7,9H,2-3,6,8H2,1H3. The lowest BCUT2D eigenvalue weighted by Crippen LogP contribution is -2.27. The van der Waals surface area contributed by atoms with Crippen LogP contribution in [0.1, 0.15) is 17.5 Å². The lowest BCUT2D eigenvalue weighted by molar-refractivity contribution is -0.117. The second-order valence-electron chi connectivity index (χ2n) is 4.74. The van der Waals surface area contributed by atoms with Gasteiger partial charge in [-0.25, -0.2) is 0 Å². The molecular formula is C14H15N3O2S. The van der Waals surface area contributed by atoms with Crippen LogP contribution in [-0.2, 0) is 17.6 Å². The van der Waals surface area contributed by atoms with Gasteiger partial charge in [-0.15, -0.1) is 10.2 Å². The fourth-order valence-corrected chi connectivity index (χ4v) is 2.78. The number of carbonyl (C=O) groups excluding carboxylic acids is 1. The molecule has 0 fully saturated rings. The summed E-state index contributed by atoms with van der Waals surface area (Å²) in [6, 6.07) is 5.98. The Morgan fingerprint density at radius 3 is 3.20 bits per heavy atom. The van der Waals surface area contributed by atoms with Crippen molar-refractivity contribution in [3.05, 3.63) is 34.8 Å². The van der Waals surface area contributed by atoms with Crippen molar-refractivity contribution in [3.63, 3.8) is 0 Å². The number of hydrogen-bond donors (Lipinski definition) is 0. The number of hydrogen-bond acceptors (Lipinski definition) is 5. The van der Waals surface area contributed by atoms with E-state index in [4.69, 9.17) is 4.74 Å². The van der Waals surface area contributed by atoms with E-state index in [1.165, 1.54) is 16.9 Å². The number of aromatic nitrogens is 2. The van der Waals surface area contributed by atoms with Gasteiger partial charge in [-0.2, -0.15) is 0 Å². The monoisotopic (exact) mass is 289 g/mol. The highest BCUT2D eigenvalue weighted by Gasteiger charge is 2.16. The molecule has 0 atom stereocenters. The van der Waals surface area contributed by atoms with Crippen molar-refractivity contribution in [2.45, 2.75) is 19.3 Å². The van der Waals surface area contributed by atoms with Crippen LogP contribution in [0.5, 0.6) is 5.75 Å². The number of fused-ring (bicyclic) bond motifs is 1. The third-order valence-electron chi connectivity index (χ3n) is 3.34. The van der Waals surface area contributed by atoms with E-state index < -0.39 is 0 Å². The maximum atomic E-state index is 12.2. The summed E-state index contributed by atoms with van der Waals surface area (Å²) in [7, 11) is 1.73. The zero-order valence-electron chi connectivity index (χ0n) is 11.2. The van der Waals surface area contributed by atoms with Crippen LogP contribution >= 0.6 is 11.3 Å². The van der Waals surface area contributed by atoms with Gasteiger partial charge in [-0.3, -0.25) is 9.69 Å². The second-order valence-corrected chi connectivity index (χ2v) is 5.56. The molecule has 1 aliphatic rings. The van der Waals surface area contributed by atoms with Crippen molar-refractivity contribution < 1.29 is 9.53 Å². The zero-order valence-corrected chi connectivity index (χ0v) is 12.0. The van der Waals surface area contributed by atoms with Gasteiger partial charge in [0.1, 0.15) is 11.3 Å². The number of ether oxygens (including phenoxy) is 1. The van der Waals surface area contributed by atoms with Crippen molar-refractivity contribution in [2.24, 2.45) is 0 Å². The Labute approximate surface area is 121 Å². The SMILES string of the molecule is CN(C(=O)Cc1ccc2c(c1)CCCO2)c1nncs1. The average molecular weight is 289 g/mol. The summed E-state index contributed by atoms with van der Waals surface area (Å²) >= 11 is 1.36. The Kier molecular flexibility index (Phi) is 3.64.